The van der Waals surface area contributed by atoms with E-state index in [0.29, 0.717) is 6.04 Å². The molecule has 0 saturated carbocycles. The second-order valence-corrected chi connectivity index (χ2v) is 5.10. The third-order valence-electron chi connectivity index (χ3n) is 3.78. The zero-order chi connectivity index (χ0) is 12.3. The van der Waals surface area contributed by atoms with Gasteiger partial charge in [0.25, 0.3) is 0 Å². The van der Waals surface area contributed by atoms with E-state index < -0.39 is 0 Å². The molecule has 1 aliphatic rings. The van der Waals surface area contributed by atoms with E-state index in [-0.39, 0.29) is 0 Å². The molecule has 4 heteroatoms. The first-order valence-corrected chi connectivity index (χ1v) is 6.64. The Morgan fingerprint density at radius 2 is 2.35 bits per heavy atom. The Kier molecular flexibility index (Phi) is 4.18. The molecule has 1 aromatic heterocycles. The van der Waals surface area contributed by atoms with Gasteiger partial charge in [-0.25, -0.2) is 0 Å². The number of rotatable bonds is 4. The third-order valence-corrected chi connectivity index (χ3v) is 3.78. The molecule has 96 valence electrons. The van der Waals surface area contributed by atoms with Crippen LogP contribution in [0.5, 0.6) is 0 Å². The second kappa shape index (κ2) is 5.65. The molecule has 1 fully saturated rings. The average molecular weight is 236 g/mol. The van der Waals surface area contributed by atoms with Crippen LogP contribution in [0.15, 0.2) is 12.4 Å². The predicted molar refractivity (Wildman–Crippen MR) is 69.8 cm³/mol. The number of hydrogen-bond donors (Lipinski definition) is 1. The van der Waals surface area contributed by atoms with E-state index in [9.17, 15) is 0 Å². The van der Waals surface area contributed by atoms with Crippen molar-refractivity contribution in [1.29, 1.82) is 0 Å². The Morgan fingerprint density at radius 1 is 1.53 bits per heavy atom. The van der Waals surface area contributed by atoms with E-state index >= 15 is 0 Å². The van der Waals surface area contributed by atoms with Crippen molar-refractivity contribution >= 4 is 0 Å². The molecule has 1 aromatic rings. The van der Waals surface area contributed by atoms with Crippen molar-refractivity contribution in [3.8, 4) is 0 Å². The Balaban J connectivity index is 1.88. The van der Waals surface area contributed by atoms with Crippen molar-refractivity contribution in [3.63, 3.8) is 0 Å². The van der Waals surface area contributed by atoms with Gasteiger partial charge >= 0.3 is 0 Å². The van der Waals surface area contributed by atoms with Crippen molar-refractivity contribution in [1.82, 2.24) is 20.0 Å². The van der Waals surface area contributed by atoms with E-state index in [0.717, 1.165) is 19.0 Å². The molecule has 17 heavy (non-hydrogen) atoms. The van der Waals surface area contributed by atoms with Gasteiger partial charge in [-0.2, -0.15) is 5.10 Å². The SMILES string of the molecule is CCn1cc(CN2CCC(NC)C(C)C2)cn1. The minimum absolute atomic E-state index is 0.685. The van der Waals surface area contributed by atoms with Crippen LogP contribution in [-0.2, 0) is 13.1 Å². The molecule has 0 spiro atoms. The third kappa shape index (κ3) is 3.07. The number of piperidine rings is 1. The van der Waals surface area contributed by atoms with Gasteiger partial charge in [0, 0.05) is 37.4 Å². The van der Waals surface area contributed by atoms with Gasteiger partial charge in [0.05, 0.1) is 6.20 Å². The molecule has 2 rings (SSSR count). The quantitative estimate of drug-likeness (QED) is 0.856. The highest BCUT2D eigenvalue weighted by atomic mass is 15.3. The van der Waals surface area contributed by atoms with Gasteiger partial charge < -0.3 is 5.32 Å². The summed E-state index contributed by atoms with van der Waals surface area (Å²) in [4.78, 5) is 2.54. The first-order valence-electron chi connectivity index (χ1n) is 6.64. The number of likely N-dealkylation sites (tertiary alicyclic amines) is 1. The topological polar surface area (TPSA) is 33.1 Å². The first-order chi connectivity index (χ1) is 8.22. The molecule has 0 aromatic carbocycles. The summed E-state index contributed by atoms with van der Waals surface area (Å²) < 4.78 is 2.00. The Bertz CT molecular complexity index is 347. The number of nitrogens with one attached hydrogen (secondary N) is 1. The van der Waals surface area contributed by atoms with Gasteiger partial charge in [0.2, 0.25) is 0 Å². The summed E-state index contributed by atoms with van der Waals surface area (Å²) in [7, 11) is 2.07. The Hall–Kier alpha value is -0.870. The number of hydrogen-bond acceptors (Lipinski definition) is 3. The molecule has 1 saturated heterocycles. The summed E-state index contributed by atoms with van der Waals surface area (Å²) in [6.07, 6.45) is 5.41. The molecule has 2 unspecified atom stereocenters. The fourth-order valence-electron chi connectivity index (χ4n) is 2.72. The van der Waals surface area contributed by atoms with Gasteiger partial charge in [-0.05, 0) is 32.9 Å². The maximum Gasteiger partial charge on any atom is 0.0534 e. The summed E-state index contributed by atoms with van der Waals surface area (Å²) in [5.41, 5.74) is 1.34. The minimum atomic E-state index is 0.685. The summed E-state index contributed by atoms with van der Waals surface area (Å²) in [5.74, 6) is 0.731. The lowest BCUT2D eigenvalue weighted by Crippen LogP contribution is -2.46. The van der Waals surface area contributed by atoms with Crippen LogP contribution >= 0.6 is 0 Å². The lowest BCUT2D eigenvalue weighted by atomic mass is 9.94. The highest BCUT2D eigenvalue weighted by molar-refractivity contribution is 5.04. The van der Waals surface area contributed by atoms with Crippen LogP contribution in [0.1, 0.15) is 25.8 Å². The molecule has 1 aliphatic heterocycles. The van der Waals surface area contributed by atoms with Gasteiger partial charge in [-0.3, -0.25) is 9.58 Å². The Morgan fingerprint density at radius 3 is 2.94 bits per heavy atom. The molecular weight excluding hydrogens is 212 g/mol. The van der Waals surface area contributed by atoms with Crippen LogP contribution in [0.3, 0.4) is 0 Å². The molecule has 2 heterocycles. The van der Waals surface area contributed by atoms with Crippen molar-refractivity contribution in [3.05, 3.63) is 18.0 Å². The van der Waals surface area contributed by atoms with Crippen LogP contribution in [0, 0.1) is 5.92 Å². The highest BCUT2D eigenvalue weighted by Gasteiger charge is 2.24. The van der Waals surface area contributed by atoms with Gasteiger partial charge in [0.1, 0.15) is 0 Å². The van der Waals surface area contributed by atoms with Crippen LogP contribution in [0.25, 0.3) is 0 Å². The number of nitrogens with zero attached hydrogens (tertiary/aromatic N) is 3. The Labute approximate surface area is 104 Å². The monoisotopic (exact) mass is 236 g/mol. The highest BCUT2D eigenvalue weighted by Crippen LogP contribution is 2.18. The predicted octanol–water partition coefficient (Wildman–Crippen LogP) is 1.33. The van der Waals surface area contributed by atoms with Crippen LogP contribution in [0.2, 0.25) is 0 Å². The van der Waals surface area contributed by atoms with E-state index in [1.54, 1.807) is 0 Å². The maximum atomic E-state index is 4.33. The second-order valence-electron chi connectivity index (χ2n) is 5.10. The zero-order valence-electron chi connectivity index (χ0n) is 11.2. The van der Waals surface area contributed by atoms with Gasteiger partial charge in [-0.1, -0.05) is 6.92 Å². The van der Waals surface area contributed by atoms with Crippen molar-refractivity contribution in [2.75, 3.05) is 20.1 Å². The molecule has 0 aliphatic carbocycles. The molecule has 4 nitrogen and oxygen atoms in total. The van der Waals surface area contributed by atoms with Crippen LogP contribution in [-0.4, -0.2) is 40.9 Å². The van der Waals surface area contributed by atoms with Crippen molar-refractivity contribution in [2.24, 2.45) is 5.92 Å². The number of aryl methyl sites for hydroxylation is 1. The maximum absolute atomic E-state index is 4.33. The van der Waals surface area contributed by atoms with Crippen LogP contribution < -0.4 is 5.32 Å². The van der Waals surface area contributed by atoms with Gasteiger partial charge in [0.15, 0.2) is 0 Å². The summed E-state index contributed by atoms with van der Waals surface area (Å²) in [6, 6.07) is 0.685. The normalized spacial score (nSPS) is 26.3. The molecule has 0 radical (unpaired) electrons. The largest absolute Gasteiger partial charge is 0.317 e. The van der Waals surface area contributed by atoms with Crippen LogP contribution in [0.4, 0.5) is 0 Å². The molecule has 0 amide bonds. The summed E-state index contributed by atoms with van der Waals surface area (Å²) >= 11 is 0. The smallest absolute Gasteiger partial charge is 0.0534 e. The zero-order valence-corrected chi connectivity index (χ0v) is 11.2. The molecule has 1 N–H and O–H groups in total. The number of aromatic nitrogens is 2. The van der Waals surface area contributed by atoms with Crippen molar-refractivity contribution < 1.29 is 0 Å². The van der Waals surface area contributed by atoms with Gasteiger partial charge in [-0.15, -0.1) is 0 Å². The summed E-state index contributed by atoms with van der Waals surface area (Å²) in [5, 5.41) is 7.74. The molecule has 0 bridgehead atoms. The fourth-order valence-corrected chi connectivity index (χ4v) is 2.72. The van der Waals surface area contributed by atoms with E-state index in [2.05, 4.69) is 42.4 Å². The molecule has 2 atom stereocenters. The first kappa shape index (κ1) is 12.6. The lowest BCUT2D eigenvalue weighted by Gasteiger charge is -2.36. The van der Waals surface area contributed by atoms with E-state index in [1.165, 1.54) is 25.1 Å². The lowest BCUT2D eigenvalue weighted by molar-refractivity contribution is 0.145. The fraction of sp³-hybridized carbons (Fsp3) is 0.769. The molecular formula is C13H24N4. The minimum Gasteiger partial charge on any atom is -0.317 e. The summed E-state index contributed by atoms with van der Waals surface area (Å²) in [6.45, 7) is 8.83. The van der Waals surface area contributed by atoms with Crippen molar-refractivity contribution in [2.45, 2.75) is 39.4 Å². The average Bonchev–Trinajstić information content (AvgIpc) is 2.77. The van der Waals surface area contributed by atoms with E-state index in [1.807, 2.05) is 10.9 Å². The standard InChI is InChI=1S/C13H24N4/c1-4-17-10-12(7-15-17)9-16-6-5-13(14-3)11(2)8-16/h7,10-11,13-14H,4-6,8-9H2,1-3H3. The van der Waals surface area contributed by atoms with E-state index in [4.69, 9.17) is 0 Å².